The van der Waals surface area contributed by atoms with Gasteiger partial charge in [-0.05, 0) is 42.6 Å². The first-order valence-corrected chi connectivity index (χ1v) is 9.99. The minimum absolute atomic E-state index is 0.0297. The van der Waals surface area contributed by atoms with Gasteiger partial charge in [0.25, 0.3) is 0 Å². The molecule has 0 aromatic heterocycles. The lowest BCUT2D eigenvalue weighted by atomic mass is 9.64. The van der Waals surface area contributed by atoms with Gasteiger partial charge < -0.3 is 9.47 Å². The fraction of sp³-hybridized carbons (Fsp3) is 0.682. The number of methoxy groups -OCH3 is 1. The molecule has 4 atom stereocenters. The zero-order valence-electron chi connectivity index (χ0n) is 16.6. The quantitative estimate of drug-likeness (QED) is 0.761. The molecule has 1 aromatic rings. The maximum Gasteiger partial charge on any atom is 0.412 e. The normalized spacial score (nSPS) is 29.6. The first kappa shape index (κ1) is 19.2. The Morgan fingerprint density at radius 1 is 1.15 bits per heavy atom. The van der Waals surface area contributed by atoms with E-state index in [-0.39, 0.29) is 23.8 Å². The molecular formula is C22H33NO3. The highest BCUT2D eigenvalue weighted by atomic mass is 16.6. The number of ether oxygens (including phenoxy) is 2. The summed E-state index contributed by atoms with van der Waals surface area (Å²) >= 11 is 0. The first-order valence-electron chi connectivity index (χ1n) is 9.99. The predicted molar refractivity (Wildman–Crippen MR) is 103 cm³/mol. The van der Waals surface area contributed by atoms with Gasteiger partial charge in [0, 0.05) is 19.6 Å². The lowest BCUT2D eigenvalue weighted by molar-refractivity contribution is -0.0473. The van der Waals surface area contributed by atoms with E-state index in [1.807, 2.05) is 0 Å². The van der Waals surface area contributed by atoms with E-state index in [0.29, 0.717) is 11.8 Å². The predicted octanol–water partition coefficient (Wildman–Crippen LogP) is 4.97. The van der Waals surface area contributed by atoms with Crippen LogP contribution in [0.5, 0.6) is 0 Å². The van der Waals surface area contributed by atoms with Crippen LogP contribution in [0.2, 0.25) is 0 Å². The summed E-state index contributed by atoms with van der Waals surface area (Å²) in [5.41, 5.74) is 1.29. The summed E-state index contributed by atoms with van der Waals surface area (Å²) in [4.78, 5) is 14.6. The van der Waals surface area contributed by atoms with Crippen molar-refractivity contribution in [3.8, 4) is 0 Å². The molecule has 2 fully saturated rings. The lowest BCUT2D eigenvalue weighted by Gasteiger charge is -2.44. The van der Waals surface area contributed by atoms with E-state index in [1.54, 1.807) is 12.0 Å². The summed E-state index contributed by atoms with van der Waals surface area (Å²) in [5.74, 6) is 0.918. The van der Waals surface area contributed by atoms with Crippen molar-refractivity contribution in [1.29, 1.82) is 0 Å². The molecule has 144 valence electrons. The molecule has 1 heterocycles. The van der Waals surface area contributed by atoms with E-state index in [0.717, 1.165) is 32.2 Å². The van der Waals surface area contributed by atoms with Crippen LogP contribution in [-0.2, 0) is 14.9 Å². The van der Waals surface area contributed by atoms with Crippen molar-refractivity contribution in [3.63, 3.8) is 0 Å². The van der Waals surface area contributed by atoms with Crippen LogP contribution >= 0.6 is 0 Å². The van der Waals surface area contributed by atoms with Crippen molar-refractivity contribution in [2.45, 2.75) is 70.6 Å². The van der Waals surface area contributed by atoms with Crippen molar-refractivity contribution >= 4 is 6.09 Å². The Labute approximate surface area is 157 Å². The maximum atomic E-state index is 12.8. The van der Waals surface area contributed by atoms with Crippen LogP contribution < -0.4 is 0 Å². The number of carbonyl (C=O) groups excluding carboxylic acids is 1. The molecule has 0 bridgehead atoms. The molecular weight excluding hydrogens is 326 g/mol. The Bertz CT molecular complexity index is 601. The molecule has 1 saturated carbocycles. The Hall–Kier alpha value is -1.55. The summed E-state index contributed by atoms with van der Waals surface area (Å²) in [6, 6.07) is 10.6. The van der Waals surface area contributed by atoms with E-state index in [1.165, 1.54) is 12.0 Å². The number of rotatable bonds is 4. The second-order valence-corrected chi connectivity index (χ2v) is 8.56. The summed E-state index contributed by atoms with van der Waals surface area (Å²) in [7, 11) is 1.67. The third-order valence-corrected chi connectivity index (χ3v) is 6.46. The molecule has 0 N–H and O–H groups in total. The van der Waals surface area contributed by atoms with Crippen LogP contribution in [0.15, 0.2) is 30.3 Å². The van der Waals surface area contributed by atoms with Crippen molar-refractivity contribution in [1.82, 2.24) is 4.90 Å². The largest absolute Gasteiger partial charge is 0.446 e. The monoisotopic (exact) mass is 359 g/mol. The molecule has 1 saturated heterocycles. The molecule has 4 heteroatoms. The smallest absolute Gasteiger partial charge is 0.412 e. The molecule has 1 amide bonds. The van der Waals surface area contributed by atoms with Crippen molar-refractivity contribution in [2.75, 3.05) is 13.7 Å². The third kappa shape index (κ3) is 3.90. The molecule has 3 rings (SSSR count). The van der Waals surface area contributed by atoms with Gasteiger partial charge >= 0.3 is 6.09 Å². The molecule has 0 radical (unpaired) electrons. The van der Waals surface area contributed by atoms with Gasteiger partial charge in [0.15, 0.2) is 0 Å². The van der Waals surface area contributed by atoms with Gasteiger partial charge in [0.2, 0.25) is 0 Å². The number of nitrogens with zero attached hydrogens (tertiary/aromatic N) is 1. The van der Waals surface area contributed by atoms with Crippen molar-refractivity contribution in [2.24, 2.45) is 11.8 Å². The zero-order chi connectivity index (χ0) is 18.7. The number of hydrogen-bond donors (Lipinski definition) is 0. The minimum atomic E-state index is -0.206. The zero-order valence-corrected chi connectivity index (χ0v) is 16.6. The first-order chi connectivity index (χ1) is 12.4. The summed E-state index contributed by atoms with van der Waals surface area (Å²) in [6.07, 6.45) is 4.72. The Kier molecular flexibility index (Phi) is 5.91. The van der Waals surface area contributed by atoms with E-state index in [4.69, 9.17) is 9.47 Å². The lowest BCUT2D eigenvalue weighted by Crippen LogP contribution is -2.46. The van der Waals surface area contributed by atoms with E-state index in [2.05, 4.69) is 51.1 Å². The van der Waals surface area contributed by atoms with Gasteiger partial charge in [-0.15, -0.1) is 0 Å². The molecule has 1 aliphatic heterocycles. The SMILES string of the molecule is COC1CCCN1C(=O)O[C@@H]1C[C@H](C)CC[C@H]1C(C)(C)c1ccccc1. The van der Waals surface area contributed by atoms with Crippen LogP contribution in [0, 0.1) is 11.8 Å². The topological polar surface area (TPSA) is 38.8 Å². The highest BCUT2D eigenvalue weighted by molar-refractivity contribution is 5.68. The van der Waals surface area contributed by atoms with E-state index in [9.17, 15) is 4.79 Å². The van der Waals surface area contributed by atoms with Crippen LogP contribution in [0.1, 0.15) is 58.4 Å². The highest BCUT2D eigenvalue weighted by Gasteiger charge is 2.43. The van der Waals surface area contributed by atoms with Crippen LogP contribution in [0.25, 0.3) is 0 Å². The van der Waals surface area contributed by atoms with Crippen molar-refractivity contribution < 1.29 is 14.3 Å². The van der Waals surface area contributed by atoms with Gasteiger partial charge in [-0.25, -0.2) is 4.79 Å². The molecule has 1 aromatic carbocycles. The molecule has 4 nitrogen and oxygen atoms in total. The Morgan fingerprint density at radius 3 is 2.58 bits per heavy atom. The number of amides is 1. The average molecular weight is 360 g/mol. The van der Waals surface area contributed by atoms with Crippen molar-refractivity contribution in [3.05, 3.63) is 35.9 Å². The molecule has 2 aliphatic rings. The Balaban J connectivity index is 1.77. The van der Waals surface area contributed by atoms with Crippen LogP contribution in [0.3, 0.4) is 0 Å². The second kappa shape index (κ2) is 7.99. The number of hydrogen-bond acceptors (Lipinski definition) is 3. The molecule has 1 unspecified atom stereocenters. The fourth-order valence-electron chi connectivity index (χ4n) is 4.75. The second-order valence-electron chi connectivity index (χ2n) is 8.56. The minimum Gasteiger partial charge on any atom is -0.446 e. The maximum absolute atomic E-state index is 12.8. The number of likely N-dealkylation sites (tertiary alicyclic amines) is 1. The van der Waals surface area contributed by atoms with Gasteiger partial charge in [-0.3, -0.25) is 4.90 Å². The van der Waals surface area contributed by atoms with E-state index >= 15 is 0 Å². The highest BCUT2D eigenvalue weighted by Crippen LogP contribution is 2.43. The standard InChI is InChI=1S/C22H33NO3/c1-16-12-13-18(22(2,3)17-9-6-5-7-10-17)19(15-16)26-21(24)23-14-8-11-20(23)25-4/h5-7,9-10,16,18-20H,8,11-15H2,1-4H3/t16-,18-,19-,20?/m1/s1. The van der Waals surface area contributed by atoms with Gasteiger partial charge in [-0.2, -0.15) is 0 Å². The van der Waals surface area contributed by atoms with E-state index < -0.39 is 0 Å². The third-order valence-electron chi connectivity index (χ3n) is 6.46. The van der Waals surface area contributed by atoms with Gasteiger partial charge in [0.1, 0.15) is 12.3 Å². The molecule has 26 heavy (non-hydrogen) atoms. The number of benzene rings is 1. The average Bonchev–Trinajstić information content (AvgIpc) is 3.11. The van der Waals surface area contributed by atoms with Gasteiger partial charge in [0.05, 0.1) is 0 Å². The van der Waals surface area contributed by atoms with Gasteiger partial charge in [-0.1, -0.05) is 57.5 Å². The number of carbonyl (C=O) groups is 1. The summed E-state index contributed by atoms with van der Waals surface area (Å²) in [5, 5.41) is 0. The molecule has 1 aliphatic carbocycles. The van der Waals surface area contributed by atoms with Crippen LogP contribution in [0.4, 0.5) is 4.79 Å². The molecule has 0 spiro atoms. The Morgan fingerprint density at radius 2 is 1.88 bits per heavy atom. The summed E-state index contributed by atoms with van der Waals surface area (Å²) in [6.45, 7) is 7.57. The fourth-order valence-corrected chi connectivity index (χ4v) is 4.75. The summed E-state index contributed by atoms with van der Waals surface area (Å²) < 4.78 is 11.5. The van der Waals surface area contributed by atoms with Crippen LogP contribution in [-0.4, -0.2) is 37.0 Å².